The summed E-state index contributed by atoms with van der Waals surface area (Å²) in [5.41, 5.74) is 1.07. The van der Waals surface area contributed by atoms with Gasteiger partial charge >= 0.3 is 0 Å². The maximum Gasteiger partial charge on any atom is 0.171 e. The molecule has 0 aliphatic carbocycles. The molecule has 1 aliphatic heterocycles. The normalized spacial score (nSPS) is 24.8. The lowest BCUT2D eigenvalue weighted by Gasteiger charge is -2.33. The van der Waals surface area contributed by atoms with Crippen molar-refractivity contribution in [2.24, 2.45) is 0 Å². The van der Waals surface area contributed by atoms with E-state index in [2.05, 4.69) is 18.2 Å². The van der Waals surface area contributed by atoms with Gasteiger partial charge in [-0.3, -0.25) is 4.79 Å². The fraction of sp³-hybridized carbons (Fsp3) is 0.667. The Labute approximate surface area is 78.1 Å². The van der Waals surface area contributed by atoms with Gasteiger partial charge in [-0.1, -0.05) is 0 Å². The highest BCUT2D eigenvalue weighted by atomic mass is 32.2. The predicted octanol–water partition coefficient (Wildman–Crippen LogP) is 2.22. The largest absolute Gasteiger partial charge is 0.317 e. The lowest BCUT2D eigenvalue weighted by molar-refractivity contribution is -0.114. The third-order valence-corrected chi connectivity index (χ3v) is 3.33. The number of hydrogen-bond acceptors (Lipinski definition) is 3. The van der Waals surface area contributed by atoms with Crippen molar-refractivity contribution in [1.82, 2.24) is 4.31 Å². The molecule has 1 unspecified atom stereocenters. The van der Waals surface area contributed by atoms with Gasteiger partial charge in [0, 0.05) is 17.8 Å². The molecule has 1 atom stereocenters. The van der Waals surface area contributed by atoms with Crippen LogP contribution in [0.2, 0.25) is 0 Å². The number of carbonyl (C=O) groups excluding carboxylic acids is 1. The Morgan fingerprint density at radius 1 is 1.58 bits per heavy atom. The van der Waals surface area contributed by atoms with Crippen LogP contribution >= 0.6 is 11.9 Å². The Balaban J connectivity index is 2.81. The Bertz CT molecular complexity index is 223. The molecule has 0 amide bonds. The van der Waals surface area contributed by atoms with Gasteiger partial charge in [0.05, 0.1) is 5.25 Å². The molecular weight excluding hydrogens is 170 g/mol. The molecule has 1 heterocycles. The lowest BCUT2D eigenvalue weighted by Crippen LogP contribution is -2.31. The van der Waals surface area contributed by atoms with Crippen molar-refractivity contribution in [2.75, 3.05) is 0 Å². The van der Waals surface area contributed by atoms with Crippen molar-refractivity contribution in [2.45, 2.75) is 39.0 Å². The summed E-state index contributed by atoms with van der Waals surface area (Å²) in [7, 11) is 0. The van der Waals surface area contributed by atoms with Crippen molar-refractivity contribution in [1.29, 1.82) is 0 Å². The quantitative estimate of drug-likeness (QED) is 0.584. The van der Waals surface area contributed by atoms with Gasteiger partial charge in [0.1, 0.15) is 0 Å². The Morgan fingerprint density at radius 2 is 2.17 bits per heavy atom. The maximum absolute atomic E-state index is 11.2. The van der Waals surface area contributed by atoms with Crippen LogP contribution in [0.15, 0.2) is 11.8 Å². The van der Waals surface area contributed by atoms with Crippen LogP contribution in [0.4, 0.5) is 0 Å². The van der Waals surface area contributed by atoms with Gasteiger partial charge in [-0.25, -0.2) is 0 Å². The van der Waals surface area contributed by atoms with E-state index in [1.807, 2.05) is 13.8 Å². The molecule has 0 radical (unpaired) electrons. The summed E-state index contributed by atoms with van der Waals surface area (Å²) in [5, 5.41) is 0.0797. The highest BCUT2D eigenvalue weighted by Gasteiger charge is 2.24. The molecule has 2 nitrogen and oxygen atoms in total. The Kier molecular flexibility index (Phi) is 2.83. The van der Waals surface area contributed by atoms with Gasteiger partial charge in [0.2, 0.25) is 0 Å². The van der Waals surface area contributed by atoms with Crippen LogP contribution in [-0.2, 0) is 4.79 Å². The molecule has 0 spiro atoms. The molecule has 0 saturated heterocycles. The molecule has 0 aromatic heterocycles. The van der Waals surface area contributed by atoms with Crippen molar-refractivity contribution in [3.8, 4) is 0 Å². The van der Waals surface area contributed by atoms with E-state index in [0.717, 1.165) is 5.70 Å². The summed E-state index contributed by atoms with van der Waals surface area (Å²) in [6, 6.07) is 0.460. The van der Waals surface area contributed by atoms with Crippen LogP contribution in [0.3, 0.4) is 0 Å². The third-order valence-electron chi connectivity index (χ3n) is 1.84. The first-order chi connectivity index (χ1) is 5.52. The SMILES string of the molecule is CC1=CC(=O)C(C)SN1C(C)C. The summed E-state index contributed by atoms with van der Waals surface area (Å²) in [5.74, 6) is 0.231. The molecule has 1 aliphatic rings. The first-order valence-electron chi connectivity index (χ1n) is 4.20. The molecule has 0 aromatic carbocycles. The minimum absolute atomic E-state index is 0.0797. The molecule has 0 saturated carbocycles. The fourth-order valence-corrected chi connectivity index (χ4v) is 2.20. The summed E-state index contributed by atoms with van der Waals surface area (Å²) in [6.07, 6.45) is 1.74. The Hall–Kier alpha value is -0.440. The molecule has 0 N–H and O–H groups in total. The summed E-state index contributed by atoms with van der Waals surface area (Å²) in [6.45, 7) is 8.20. The van der Waals surface area contributed by atoms with Crippen molar-refractivity contribution >= 4 is 17.7 Å². The standard InChI is InChI=1S/C9H15NOS/c1-6(2)10-7(3)5-9(11)8(4)12-10/h5-6,8H,1-4H3. The maximum atomic E-state index is 11.2. The van der Waals surface area contributed by atoms with Crippen LogP contribution < -0.4 is 0 Å². The zero-order valence-corrected chi connectivity index (χ0v) is 8.81. The molecule has 68 valence electrons. The first-order valence-corrected chi connectivity index (χ1v) is 5.04. The lowest BCUT2D eigenvalue weighted by atomic mass is 10.2. The van der Waals surface area contributed by atoms with Crippen LogP contribution in [0, 0.1) is 0 Å². The van der Waals surface area contributed by atoms with Crippen LogP contribution in [0.25, 0.3) is 0 Å². The van der Waals surface area contributed by atoms with Crippen LogP contribution in [-0.4, -0.2) is 21.4 Å². The average Bonchev–Trinajstić information content (AvgIpc) is 1.96. The van der Waals surface area contributed by atoms with E-state index in [1.165, 1.54) is 0 Å². The van der Waals surface area contributed by atoms with Crippen LogP contribution in [0.1, 0.15) is 27.7 Å². The molecule has 0 bridgehead atoms. The number of allylic oxidation sites excluding steroid dienone is 2. The van der Waals surface area contributed by atoms with E-state index in [9.17, 15) is 4.79 Å². The average molecular weight is 185 g/mol. The molecule has 12 heavy (non-hydrogen) atoms. The zero-order valence-electron chi connectivity index (χ0n) is 8.00. The molecule has 3 heteroatoms. The van der Waals surface area contributed by atoms with E-state index >= 15 is 0 Å². The monoisotopic (exact) mass is 185 g/mol. The number of carbonyl (C=O) groups is 1. The van der Waals surface area contributed by atoms with E-state index < -0.39 is 0 Å². The van der Waals surface area contributed by atoms with Crippen molar-refractivity contribution in [3.63, 3.8) is 0 Å². The van der Waals surface area contributed by atoms with Gasteiger partial charge in [-0.2, -0.15) is 0 Å². The summed E-state index contributed by atoms with van der Waals surface area (Å²) in [4.78, 5) is 11.2. The molecular formula is C9H15NOS. The van der Waals surface area contributed by atoms with E-state index in [1.54, 1.807) is 18.0 Å². The first kappa shape index (κ1) is 9.65. The smallest absolute Gasteiger partial charge is 0.171 e. The third kappa shape index (κ3) is 1.83. The van der Waals surface area contributed by atoms with Crippen molar-refractivity contribution < 1.29 is 4.79 Å². The van der Waals surface area contributed by atoms with Gasteiger partial charge < -0.3 is 4.31 Å². The topological polar surface area (TPSA) is 20.3 Å². The minimum atomic E-state index is 0.0797. The van der Waals surface area contributed by atoms with Gasteiger partial charge in [-0.05, 0) is 39.6 Å². The zero-order chi connectivity index (χ0) is 9.30. The Morgan fingerprint density at radius 3 is 2.67 bits per heavy atom. The molecule has 0 fully saturated rings. The number of ketones is 1. The van der Waals surface area contributed by atoms with Gasteiger partial charge in [0.25, 0.3) is 0 Å². The van der Waals surface area contributed by atoms with E-state index in [0.29, 0.717) is 6.04 Å². The highest BCUT2D eigenvalue weighted by molar-refractivity contribution is 7.98. The number of rotatable bonds is 1. The fourth-order valence-electron chi connectivity index (χ4n) is 1.22. The predicted molar refractivity (Wildman–Crippen MR) is 52.8 cm³/mol. The second-order valence-corrected chi connectivity index (χ2v) is 4.67. The van der Waals surface area contributed by atoms with Crippen LogP contribution in [0.5, 0.6) is 0 Å². The van der Waals surface area contributed by atoms with E-state index in [4.69, 9.17) is 0 Å². The highest BCUT2D eigenvalue weighted by Crippen LogP contribution is 2.29. The number of hydrogen-bond donors (Lipinski definition) is 0. The summed E-state index contributed by atoms with van der Waals surface area (Å²) < 4.78 is 2.19. The summed E-state index contributed by atoms with van der Waals surface area (Å²) >= 11 is 1.63. The van der Waals surface area contributed by atoms with Gasteiger partial charge in [0.15, 0.2) is 5.78 Å². The minimum Gasteiger partial charge on any atom is -0.317 e. The second-order valence-electron chi connectivity index (χ2n) is 3.36. The molecule has 0 aromatic rings. The number of nitrogens with zero attached hydrogens (tertiary/aromatic N) is 1. The second kappa shape index (κ2) is 3.52. The van der Waals surface area contributed by atoms with Crippen molar-refractivity contribution in [3.05, 3.63) is 11.8 Å². The van der Waals surface area contributed by atoms with Gasteiger partial charge in [-0.15, -0.1) is 0 Å². The van der Waals surface area contributed by atoms with E-state index in [-0.39, 0.29) is 11.0 Å². The molecule has 1 rings (SSSR count).